The molecule has 0 spiro atoms. The molecule has 0 fully saturated rings. The van der Waals surface area contributed by atoms with Crippen molar-refractivity contribution < 1.29 is 4.79 Å². The molecule has 92 valence electrons. The van der Waals surface area contributed by atoms with Gasteiger partial charge in [0, 0.05) is 11.3 Å². The van der Waals surface area contributed by atoms with Gasteiger partial charge in [-0.15, -0.1) is 0 Å². The average molecular weight is 241 g/mol. The summed E-state index contributed by atoms with van der Waals surface area (Å²) < 4.78 is 0. The van der Waals surface area contributed by atoms with Crippen LogP contribution < -0.4 is 5.32 Å². The normalized spacial score (nSPS) is 10.1. The van der Waals surface area contributed by atoms with E-state index in [1.807, 2.05) is 38.1 Å². The van der Waals surface area contributed by atoms with Gasteiger partial charge in [0.25, 0.3) is 5.91 Å². The molecule has 0 saturated carbocycles. The quantitative estimate of drug-likeness (QED) is 0.894. The number of aromatic nitrogens is 2. The van der Waals surface area contributed by atoms with Gasteiger partial charge in [0.2, 0.25) is 0 Å². The Labute approximate surface area is 106 Å². The van der Waals surface area contributed by atoms with Crippen molar-refractivity contribution in [2.75, 3.05) is 0 Å². The minimum atomic E-state index is -0.0880. The van der Waals surface area contributed by atoms with Gasteiger partial charge < -0.3 is 5.32 Å². The number of aryl methyl sites for hydroxylation is 2. The molecular weight excluding hydrogens is 226 g/mol. The van der Waals surface area contributed by atoms with E-state index in [1.54, 1.807) is 6.07 Å². The highest BCUT2D eigenvalue weighted by atomic mass is 16.1. The summed E-state index contributed by atoms with van der Waals surface area (Å²) in [5, 5.41) is 2.84. The van der Waals surface area contributed by atoms with Gasteiger partial charge in [0.05, 0.1) is 12.2 Å². The zero-order valence-electron chi connectivity index (χ0n) is 10.5. The molecule has 0 unspecified atom stereocenters. The predicted octanol–water partition coefficient (Wildman–Crippen LogP) is 2.02. The highest BCUT2D eigenvalue weighted by molar-refractivity contribution is 5.94. The maximum atomic E-state index is 11.9. The molecule has 2 rings (SSSR count). The third-order valence-electron chi connectivity index (χ3n) is 2.57. The number of hydrogen-bond donors (Lipinski definition) is 1. The lowest BCUT2D eigenvalue weighted by molar-refractivity contribution is 0.0950. The fraction of sp³-hybridized carbons (Fsp3) is 0.214. The van der Waals surface area contributed by atoms with Crippen LogP contribution in [0.4, 0.5) is 0 Å². The summed E-state index contributed by atoms with van der Waals surface area (Å²) in [4.78, 5) is 20.0. The van der Waals surface area contributed by atoms with Gasteiger partial charge in [-0.25, -0.2) is 9.97 Å². The van der Waals surface area contributed by atoms with Gasteiger partial charge in [-0.05, 0) is 32.0 Å². The van der Waals surface area contributed by atoms with E-state index in [-0.39, 0.29) is 5.91 Å². The average Bonchev–Trinajstić information content (AvgIpc) is 2.36. The second-order valence-corrected chi connectivity index (χ2v) is 4.20. The largest absolute Gasteiger partial charge is 0.346 e. The molecule has 0 aliphatic carbocycles. The fourth-order valence-electron chi connectivity index (χ4n) is 1.67. The number of carbonyl (C=O) groups is 1. The third-order valence-corrected chi connectivity index (χ3v) is 2.57. The van der Waals surface area contributed by atoms with E-state index in [0.29, 0.717) is 12.1 Å². The first-order valence-corrected chi connectivity index (χ1v) is 5.77. The first-order chi connectivity index (χ1) is 8.65. The number of nitrogens with one attached hydrogen (secondary N) is 1. The Balaban J connectivity index is 2.00. The van der Waals surface area contributed by atoms with Crippen LogP contribution >= 0.6 is 0 Å². The zero-order chi connectivity index (χ0) is 13.0. The molecular formula is C14H15N3O. The molecule has 0 atom stereocenters. The van der Waals surface area contributed by atoms with Gasteiger partial charge in [-0.3, -0.25) is 4.79 Å². The van der Waals surface area contributed by atoms with E-state index >= 15 is 0 Å². The van der Waals surface area contributed by atoms with Crippen molar-refractivity contribution in [1.82, 2.24) is 15.3 Å². The van der Waals surface area contributed by atoms with Gasteiger partial charge in [-0.2, -0.15) is 0 Å². The van der Waals surface area contributed by atoms with Crippen LogP contribution in [0.1, 0.15) is 27.3 Å². The van der Waals surface area contributed by atoms with Crippen LogP contribution in [0.15, 0.2) is 36.7 Å². The van der Waals surface area contributed by atoms with Crippen LogP contribution in [0.3, 0.4) is 0 Å². The van der Waals surface area contributed by atoms with Crippen LogP contribution in [-0.2, 0) is 6.54 Å². The number of amides is 1. The Morgan fingerprint density at radius 1 is 1.22 bits per heavy atom. The number of rotatable bonds is 3. The molecule has 18 heavy (non-hydrogen) atoms. The predicted molar refractivity (Wildman–Crippen MR) is 69.1 cm³/mol. The second kappa shape index (κ2) is 5.40. The minimum absolute atomic E-state index is 0.0880. The Bertz CT molecular complexity index is 566. The van der Waals surface area contributed by atoms with E-state index in [4.69, 9.17) is 0 Å². The number of nitrogens with zero attached hydrogens (tertiary/aromatic N) is 2. The fourth-order valence-corrected chi connectivity index (χ4v) is 1.67. The standard InChI is InChI=1S/C14H15N3O/c1-10-4-3-5-12(6-10)14(18)15-8-13-7-11(2)16-9-17-13/h3-7,9H,8H2,1-2H3,(H,15,18). The Hall–Kier alpha value is -2.23. The monoisotopic (exact) mass is 241 g/mol. The summed E-state index contributed by atoms with van der Waals surface area (Å²) in [7, 11) is 0. The molecule has 1 N–H and O–H groups in total. The SMILES string of the molecule is Cc1cccc(C(=O)NCc2cc(C)ncn2)c1. The van der Waals surface area contributed by atoms with Gasteiger partial charge in [0.1, 0.15) is 6.33 Å². The molecule has 1 amide bonds. The number of carbonyl (C=O) groups excluding carboxylic acids is 1. The van der Waals surface area contributed by atoms with Gasteiger partial charge in [0.15, 0.2) is 0 Å². The van der Waals surface area contributed by atoms with E-state index in [1.165, 1.54) is 6.33 Å². The van der Waals surface area contributed by atoms with Gasteiger partial charge >= 0.3 is 0 Å². The van der Waals surface area contributed by atoms with Crippen molar-refractivity contribution >= 4 is 5.91 Å². The van der Waals surface area contributed by atoms with Crippen molar-refractivity contribution in [3.63, 3.8) is 0 Å². The maximum Gasteiger partial charge on any atom is 0.251 e. The zero-order valence-corrected chi connectivity index (χ0v) is 10.5. The molecule has 0 saturated heterocycles. The van der Waals surface area contributed by atoms with E-state index < -0.39 is 0 Å². The topological polar surface area (TPSA) is 54.9 Å². The molecule has 0 radical (unpaired) electrons. The van der Waals surface area contributed by atoms with E-state index in [0.717, 1.165) is 17.0 Å². The van der Waals surface area contributed by atoms with Crippen molar-refractivity contribution in [3.05, 3.63) is 59.2 Å². The van der Waals surface area contributed by atoms with Crippen LogP contribution in [0.25, 0.3) is 0 Å². The lowest BCUT2D eigenvalue weighted by Crippen LogP contribution is -2.23. The number of hydrogen-bond acceptors (Lipinski definition) is 3. The minimum Gasteiger partial charge on any atom is -0.346 e. The van der Waals surface area contributed by atoms with E-state index in [9.17, 15) is 4.79 Å². The molecule has 4 nitrogen and oxygen atoms in total. The molecule has 1 heterocycles. The van der Waals surface area contributed by atoms with Crippen molar-refractivity contribution in [3.8, 4) is 0 Å². The molecule has 4 heteroatoms. The summed E-state index contributed by atoms with van der Waals surface area (Å²) >= 11 is 0. The smallest absolute Gasteiger partial charge is 0.251 e. The molecule has 2 aromatic rings. The third kappa shape index (κ3) is 3.13. The second-order valence-electron chi connectivity index (χ2n) is 4.20. The molecule has 1 aromatic carbocycles. The molecule has 0 aliphatic rings. The highest BCUT2D eigenvalue weighted by Crippen LogP contribution is 2.04. The van der Waals surface area contributed by atoms with Crippen LogP contribution in [0.5, 0.6) is 0 Å². The first kappa shape index (κ1) is 12.2. The summed E-state index contributed by atoms with van der Waals surface area (Å²) in [6.45, 7) is 4.27. The summed E-state index contributed by atoms with van der Waals surface area (Å²) in [6.07, 6.45) is 1.50. The lowest BCUT2D eigenvalue weighted by atomic mass is 10.1. The Kier molecular flexibility index (Phi) is 3.67. The maximum absolute atomic E-state index is 11.9. The Morgan fingerprint density at radius 3 is 2.78 bits per heavy atom. The van der Waals surface area contributed by atoms with Crippen molar-refractivity contribution in [2.45, 2.75) is 20.4 Å². The van der Waals surface area contributed by atoms with Crippen molar-refractivity contribution in [1.29, 1.82) is 0 Å². The Morgan fingerprint density at radius 2 is 2.06 bits per heavy atom. The first-order valence-electron chi connectivity index (χ1n) is 5.77. The van der Waals surface area contributed by atoms with Gasteiger partial charge in [-0.1, -0.05) is 17.7 Å². The van der Waals surface area contributed by atoms with Crippen LogP contribution in [-0.4, -0.2) is 15.9 Å². The number of benzene rings is 1. The molecule has 0 aliphatic heterocycles. The van der Waals surface area contributed by atoms with Crippen LogP contribution in [0.2, 0.25) is 0 Å². The summed E-state index contributed by atoms with van der Waals surface area (Å²) in [5.74, 6) is -0.0880. The summed E-state index contributed by atoms with van der Waals surface area (Å²) in [6, 6.07) is 9.36. The molecule has 1 aromatic heterocycles. The van der Waals surface area contributed by atoms with Crippen LogP contribution in [0, 0.1) is 13.8 Å². The van der Waals surface area contributed by atoms with Crippen molar-refractivity contribution in [2.24, 2.45) is 0 Å². The van der Waals surface area contributed by atoms with E-state index in [2.05, 4.69) is 15.3 Å². The summed E-state index contributed by atoms with van der Waals surface area (Å²) in [5.41, 5.74) is 3.44. The highest BCUT2D eigenvalue weighted by Gasteiger charge is 2.05. The lowest BCUT2D eigenvalue weighted by Gasteiger charge is -2.05. The molecule has 0 bridgehead atoms.